The Labute approximate surface area is 102 Å². The minimum Gasteiger partial charge on any atom is -0.371 e. The van der Waals surface area contributed by atoms with Gasteiger partial charge in [0.2, 0.25) is 0 Å². The number of benzene rings is 1. The van der Waals surface area contributed by atoms with Crippen molar-refractivity contribution in [2.24, 2.45) is 5.92 Å². The van der Waals surface area contributed by atoms with Crippen molar-refractivity contribution in [3.8, 4) is 0 Å². The fourth-order valence-corrected chi connectivity index (χ4v) is 1.97. The molecule has 0 heterocycles. The highest BCUT2D eigenvalue weighted by molar-refractivity contribution is 6.33. The zero-order valence-electron chi connectivity index (χ0n) is 10.0. The average molecular weight is 240 g/mol. The molecule has 0 fully saturated rings. The van der Waals surface area contributed by atoms with Gasteiger partial charge in [-0.15, -0.1) is 0 Å². The van der Waals surface area contributed by atoms with E-state index in [1.165, 1.54) is 0 Å². The maximum absolute atomic E-state index is 11.0. The summed E-state index contributed by atoms with van der Waals surface area (Å²) < 4.78 is 0. The second-order valence-electron chi connectivity index (χ2n) is 4.22. The second-order valence-corrected chi connectivity index (χ2v) is 4.63. The number of hydrogen-bond donors (Lipinski definition) is 0. The Morgan fingerprint density at radius 2 is 2.12 bits per heavy atom. The van der Waals surface area contributed by atoms with Crippen molar-refractivity contribution >= 4 is 23.6 Å². The van der Waals surface area contributed by atoms with E-state index in [0.717, 1.165) is 25.1 Å². The normalized spacial score (nSPS) is 10.6. The molecule has 0 aliphatic carbocycles. The molecule has 0 aliphatic rings. The van der Waals surface area contributed by atoms with Crippen LogP contribution in [0.3, 0.4) is 0 Å². The van der Waals surface area contributed by atoms with E-state index in [0.29, 0.717) is 16.5 Å². The number of nitrogens with zero attached hydrogens (tertiary/aromatic N) is 1. The molecule has 16 heavy (non-hydrogen) atoms. The van der Waals surface area contributed by atoms with Gasteiger partial charge in [0.15, 0.2) is 6.29 Å². The topological polar surface area (TPSA) is 20.3 Å². The summed E-state index contributed by atoms with van der Waals surface area (Å²) in [5.41, 5.74) is 1.52. The molecule has 1 aromatic rings. The van der Waals surface area contributed by atoms with E-state index in [1.807, 2.05) is 12.1 Å². The molecule has 0 saturated carbocycles. The van der Waals surface area contributed by atoms with Gasteiger partial charge in [0.1, 0.15) is 0 Å². The van der Waals surface area contributed by atoms with Gasteiger partial charge in [-0.3, -0.25) is 4.79 Å². The molecule has 0 N–H and O–H groups in total. The zero-order valence-corrected chi connectivity index (χ0v) is 10.8. The Kier molecular flexibility index (Phi) is 4.81. The van der Waals surface area contributed by atoms with Crippen LogP contribution in [0.1, 0.15) is 31.1 Å². The summed E-state index contributed by atoms with van der Waals surface area (Å²) >= 11 is 6.01. The van der Waals surface area contributed by atoms with Gasteiger partial charge in [0, 0.05) is 18.8 Å². The molecule has 0 unspecified atom stereocenters. The van der Waals surface area contributed by atoms with Crippen LogP contribution in [0.4, 0.5) is 5.69 Å². The van der Waals surface area contributed by atoms with Crippen LogP contribution in [-0.2, 0) is 0 Å². The number of carbonyl (C=O) groups is 1. The van der Waals surface area contributed by atoms with Crippen LogP contribution in [0.2, 0.25) is 5.02 Å². The summed E-state index contributed by atoms with van der Waals surface area (Å²) in [6, 6.07) is 5.58. The molecule has 0 spiro atoms. The van der Waals surface area contributed by atoms with Crippen molar-refractivity contribution in [2.75, 3.05) is 18.0 Å². The van der Waals surface area contributed by atoms with Gasteiger partial charge in [0.25, 0.3) is 0 Å². The first kappa shape index (κ1) is 13.0. The van der Waals surface area contributed by atoms with E-state index >= 15 is 0 Å². The van der Waals surface area contributed by atoms with Crippen molar-refractivity contribution in [1.29, 1.82) is 0 Å². The predicted molar refractivity (Wildman–Crippen MR) is 69.6 cm³/mol. The number of anilines is 1. The lowest BCUT2D eigenvalue weighted by molar-refractivity contribution is 0.112. The molecule has 0 radical (unpaired) electrons. The van der Waals surface area contributed by atoms with Gasteiger partial charge in [-0.25, -0.2) is 0 Å². The minimum atomic E-state index is 0.523. The Morgan fingerprint density at radius 1 is 1.44 bits per heavy atom. The number of halogens is 1. The van der Waals surface area contributed by atoms with E-state index in [-0.39, 0.29) is 0 Å². The monoisotopic (exact) mass is 239 g/mol. The standard InChI is InChI=1S/C13H18ClNO/c1-4-15(8-10(2)3)13-7-5-6-12(14)11(13)9-16/h5-7,9-10H,4,8H2,1-3H3. The van der Waals surface area contributed by atoms with Gasteiger partial charge < -0.3 is 4.90 Å². The average Bonchev–Trinajstić information content (AvgIpc) is 2.25. The third-order valence-corrected chi connectivity index (χ3v) is 2.79. The molecular weight excluding hydrogens is 222 g/mol. The van der Waals surface area contributed by atoms with E-state index < -0.39 is 0 Å². The summed E-state index contributed by atoms with van der Waals surface area (Å²) in [6.07, 6.45) is 0.834. The van der Waals surface area contributed by atoms with Crippen molar-refractivity contribution in [3.05, 3.63) is 28.8 Å². The molecule has 1 rings (SSSR count). The second kappa shape index (κ2) is 5.90. The Hall–Kier alpha value is -1.02. The lowest BCUT2D eigenvalue weighted by Gasteiger charge is -2.26. The highest BCUT2D eigenvalue weighted by Gasteiger charge is 2.12. The minimum absolute atomic E-state index is 0.523. The van der Waals surface area contributed by atoms with E-state index in [4.69, 9.17) is 11.6 Å². The molecule has 1 aromatic carbocycles. The van der Waals surface area contributed by atoms with Gasteiger partial charge >= 0.3 is 0 Å². The van der Waals surface area contributed by atoms with Crippen molar-refractivity contribution < 1.29 is 4.79 Å². The first-order valence-corrected chi connectivity index (χ1v) is 5.96. The summed E-state index contributed by atoms with van der Waals surface area (Å²) in [4.78, 5) is 13.2. The molecular formula is C13H18ClNO. The van der Waals surface area contributed by atoms with Gasteiger partial charge in [-0.2, -0.15) is 0 Å². The van der Waals surface area contributed by atoms with Crippen LogP contribution in [0.25, 0.3) is 0 Å². The molecule has 0 amide bonds. The largest absolute Gasteiger partial charge is 0.371 e. The fourth-order valence-electron chi connectivity index (χ4n) is 1.76. The molecule has 3 heteroatoms. The van der Waals surface area contributed by atoms with E-state index in [9.17, 15) is 4.79 Å². The highest BCUT2D eigenvalue weighted by atomic mass is 35.5. The lowest BCUT2D eigenvalue weighted by Crippen LogP contribution is -2.28. The van der Waals surface area contributed by atoms with Gasteiger partial charge in [-0.1, -0.05) is 31.5 Å². The third kappa shape index (κ3) is 2.99. The first-order chi connectivity index (χ1) is 7.60. The van der Waals surface area contributed by atoms with Crippen LogP contribution >= 0.6 is 11.6 Å². The van der Waals surface area contributed by atoms with Crippen molar-refractivity contribution in [1.82, 2.24) is 0 Å². The number of carbonyl (C=O) groups excluding carboxylic acids is 1. The first-order valence-electron chi connectivity index (χ1n) is 5.58. The van der Waals surface area contributed by atoms with Crippen LogP contribution in [0.15, 0.2) is 18.2 Å². The molecule has 0 aliphatic heterocycles. The highest BCUT2D eigenvalue weighted by Crippen LogP contribution is 2.26. The molecule has 0 aromatic heterocycles. The quantitative estimate of drug-likeness (QED) is 0.732. The van der Waals surface area contributed by atoms with Crippen LogP contribution < -0.4 is 4.90 Å². The van der Waals surface area contributed by atoms with E-state index in [2.05, 4.69) is 25.7 Å². The molecule has 88 valence electrons. The number of aldehydes is 1. The van der Waals surface area contributed by atoms with Gasteiger partial charge in [0.05, 0.1) is 10.6 Å². The molecule has 0 atom stereocenters. The molecule has 2 nitrogen and oxygen atoms in total. The summed E-state index contributed by atoms with van der Waals surface area (Å²) in [5, 5.41) is 0.523. The summed E-state index contributed by atoms with van der Waals surface area (Å²) in [5.74, 6) is 0.554. The number of hydrogen-bond acceptors (Lipinski definition) is 2. The van der Waals surface area contributed by atoms with Crippen LogP contribution in [-0.4, -0.2) is 19.4 Å². The van der Waals surface area contributed by atoms with Crippen LogP contribution in [0.5, 0.6) is 0 Å². The maximum atomic E-state index is 11.0. The Balaban J connectivity index is 3.08. The molecule has 0 bridgehead atoms. The predicted octanol–water partition coefficient (Wildman–Crippen LogP) is 3.63. The van der Waals surface area contributed by atoms with E-state index in [1.54, 1.807) is 6.07 Å². The van der Waals surface area contributed by atoms with Gasteiger partial charge in [-0.05, 0) is 25.0 Å². The summed E-state index contributed by atoms with van der Waals surface area (Å²) in [6.45, 7) is 8.20. The third-order valence-electron chi connectivity index (χ3n) is 2.46. The Bertz CT molecular complexity index is 363. The Morgan fingerprint density at radius 3 is 2.62 bits per heavy atom. The maximum Gasteiger partial charge on any atom is 0.153 e. The fraction of sp³-hybridized carbons (Fsp3) is 0.462. The van der Waals surface area contributed by atoms with Crippen LogP contribution in [0, 0.1) is 5.92 Å². The van der Waals surface area contributed by atoms with Crippen molar-refractivity contribution in [3.63, 3.8) is 0 Å². The SMILES string of the molecule is CCN(CC(C)C)c1cccc(Cl)c1C=O. The zero-order chi connectivity index (χ0) is 12.1. The number of rotatable bonds is 5. The smallest absolute Gasteiger partial charge is 0.153 e. The summed E-state index contributed by atoms with van der Waals surface area (Å²) in [7, 11) is 0. The lowest BCUT2D eigenvalue weighted by atomic mass is 10.1. The van der Waals surface area contributed by atoms with Crippen molar-refractivity contribution in [2.45, 2.75) is 20.8 Å². The molecule has 0 saturated heterocycles.